The van der Waals surface area contributed by atoms with Crippen molar-refractivity contribution in [3.8, 4) is 11.5 Å². The highest BCUT2D eigenvalue weighted by atomic mass is 32.1. The van der Waals surface area contributed by atoms with Crippen LogP contribution in [-0.2, 0) is 12.8 Å². The molecule has 0 atom stereocenters. The summed E-state index contributed by atoms with van der Waals surface area (Å²) in [5.41, 5.74) is 2.00. The van der Waals surface area contributed by atoms with Gasteiger partial charge in [0.1, 0.15) is 5.69 Å². The highest BCUT2D eigenvalue weighted by Gasteiger charge is 2.18. The Labute approximate surface area is 137 Å². The average Bonchev–Trinajstić information content (AvgIpc) is 3.22. The van der Waals surface area contributed by atoms with Crippen molar-refractivity contribution in [2.75, 3.05) is 5.32 Å². The fourth-order valence-electron chi connectivity index (χ4n) is 2.70. The second-order valence-electron chi connectivity index (χ2n) is 5.44. The summed E-state index contributed by atoms with van der Waals surface area (Å²) in [5, 5.41) is 9.58. The summed E-state index contributed by atoms with van der Waals surface area (Å²) < 4.78 is 0. The van der Waals surface area contributed by atoms with Crippen molar-refractivity contribution in [1.29, 1.82) is 0 Å². The maximum absolute atomic E-state index is 12.4. The number of pyridine rings is 1. The Morgan fingerprint density at radius 1 is 1.26 bits per heavy atom. The second kappa shape index (κ2) is 5.92. The largest absolute Gasteiger partial charge is 0.288 e. The molecule has 0 spiro atoms. The van der Waals surface area contributed by atoms with E-state index in [-0.39, 0.29) is 11.9 Å². The number of carbonyl (C=O) groups is 1. The van der Waals surface area contributed by atoms with Gasteiger partial charge in [-0.3, -0.25) is 20.2 Å². The van der Waals surface area contributed by atoms with E-state index in [1.165, 1.54) is 23.3 Å². The van der Waals surface area contributed by atoms with Crippen LogP contribution in [0.3, 0.4) is 0 Å². The molecule has 0 radical (unpaired) electrons. The molecule has 1 aliphatic carbocycles. The number of nitrogens with zero attached hydrogens (tertiary/aromatic N) is 3. The summed E-state index contributed by atoms with van der Waals surface area (Å²) in [5.74, 6) is 0.643. The number of thiophene rings is 1. The van der Waals surface area contributed by atoms with E-state index >= 15 is 0 Å². The molecule has 3 heterocycles. The smallest absolute Gasteiger partial charge is 0.268 e. The summed E-state index contributed by atoms with van der Waals surface area (Å²) in [7, 11) is 0. The van der Waals surface area contributed by atoms with E-state index in [1.54, 1.807) is 17.5 Å². The van der Waals surface area contributed by atoms with E-state index in [0.717, 1.165) is 17.7 Å². The first kappa shape index (κ1) is 14.1. The Morgan fingerprint density at radius 3 is 3.00 bits per heavy atom. The Bertz CT molecular complexity index is 816. The van der Waals surface area contributed by atoms with Crippen LogP contribution >= 0.6 is 11.3 Å². The van der Waals surface area contributed by atoms with E-state index in [2.05, 4.69) is 25.5 Å². The Kier molecular flexibility index (Phi) is 3.63. The molecule has 0 bridgehead atoms. The SMILES string of the molecule is O=C(Nc1n[nH]c(-c2ccccn2)n1)c1cc2c(s1)CCCC2. The van der Waals surface area contributed by atoms with Crippen LogP contribution in [0.1, 0.15) is 33.0 Å². The molecule has 1 amide bonds. The van der Waals surface area contributed by atoms with Crippen LogP contribution in [0, 0.1) is 0 Å². The van der Waals surface area contributed by atoms with E-state index < -0.39 is 0 Å². The topological polar surface area (TPSA) is 83.6 Å². The number of aryl methyl sites for hydroxylation is 2. The first-order valence-corrected chi connectivity index (χ1v) is 8.38. The van der Waals surface area contributed by atoms with Crippen LogP contribution in [0.5, 0.6) is 0 Å². The molecule has 4 rings (SSSR count). The van der Waals surface area contributed by atoms with Crippen molar-refractivity contribution < 1.29 is 4.79 Å². The second-order valence-corrected chi connectivity index (χ2v) is 6.58. The lowest BCUT2D eigenvalue weighted by atomic mass is 9.99. The minimum atomic E-state index is -0.157. The molecule has 0 saturated heterocycles. The minimum Gasteiger partial charge on any atom is -0.288 e. The lowest BCUT2D eigenvalue weighted by molar-refractivity contribution is 0.102. The number of hydrogen-bond acceptors (Lipinski definition) is 5. The number of rotatable bonds is 3. The van der Waals surface area contributed by atoms with Gasteiger partial charge in [0, 0.05) is 11.1 Å². The van der Waals surface area contributed by atoms with Gasteiger partial charge in [0.05, 0.1) is 4.88 Å². The number of H-pyrrole nitrogens is 1. The average molecular weight is 325 g/mol. The van der Waals surface area contributed by atoms with E-state index in [4.69, 9.17) is 0 Å². The van der Waals surface area contributed by atoms with Gasteiger partial charge in [-0.25, -0.2) is 0 Å². The number of carbonyl (C=O) groups excluding carboxylic acids is 1. The number of anilines is 1. The monoisotopic (exact) mass is 325 g/mol. The number of aromatic nitrogens is 4. The molecule has 0 aliphatic heterocycles. The van der Waals surface area contributed by atoms with E-state index in [0.29, 0.717) is 11.5 Å². The molecule has 0 saturated carbocycles. The molecule has 1 aliphatic rings. The summed E-state index contributed by atoms with van der Waals surface area (Å²) >= 11 is 1.58. The standard InChI is InChI=1S/C16H15N5OS/c22-15(13-9-10-5-1-2-7-12(10)23-13)19-16-18-14(20-21-16)11-6-3-4-8-17-11/h3-4,6,8-9H,1-2,5,7H2,(H2,18,19,20,21,22). The van der Waals surface area contributed by atoms with Gasteiger partial charge in [0.25, 0.3) is 5.91 Å². The highest BCUT2D eigenvalue weighted by molar-refractivity contribution is 7.14. The summed E-state index contributed by atoms with van der Waals surface area (Å²) in [6.45, 7) is 0. The zero-order valence-corrected chi connectivity index (χ0v) is 13.2. The highest BCUT2D eigenvalue weighted by Crippen LogP contribution is 2.30. The molecule has 2 N–H and O–H groups in total. The quantitative estimate of drug-likeness (QED) is 0.775. The van der Waals surface area contributed by atoms with Crippen LogP contribution in [0.4, 0.5) is 5.95 Å². The molecule has 0 unspecified atom stereocenters. The Morgan fingerprint density at radius 2 is 2.17 bits per heavy atom. The van der Waals surface area contributed by atoms with Gasteiger partial charge in [-0.05, 0) is 49.4 Å². The zero-order chi connectivity index (χ0) is 15.6. The minimum absolute atomic E-state index is 0.157. The Hall–Kier alpha value is -2.54. The number of fused-ring (bicyclic) bond motifs is 1. The molecular weight excluding hydrogens is 310 g/mol. The third kappa shape index (κ3) is 2.87. The van der Waals surface area contributed by atoms with Gasteiger partial charge in [-0.1, -0.05) is 6.07 Å². The molecule has 3 aromatic heterocycles. The van der Waals surface area contributed by atoms with E-state index in [1.807, 2.05) is 24.3 Å². The number of aromatic amines is 1. The number of hydrogen-bond donors (Lipinski definition) is 2. The fraction of sp³-hybridized carbons (Fsp3) is 0.250. The van der Waals surface area contributed by atoms with Crippen molar-refractivity contribution >= 4 is 23.2 Å². The molecule has 0 fully saturated rings. The fourth-order valence-corrected chi connectivity index (χ4v) is 3.85. The zero-order valence-electron chi connectivity index (χ0n) is 12.4. The van der Waals surface area contributed by atoms with Crippen LogP contribution in [0.25, 0.3) is 11.5 Å². The van der Waals surface area contributed by atoms with E-state index in [9.17, 15) is 4.79 Å². The number of amides is 1. The summed E-state index contributed by atoms with van der Waals surface area (Å²) in [4.78, 5) is 22.9. The molecule has 23 heavy (non-hydrogen) atoms. The predicted molar refractivity (Wildman–Crippen MR) is 88.5 cm³/mol. The first-order chi connectivity index (χ1) is 11.3. The normalized spacial score (nSPS) is 13.6. The van der Waals surface area contributed by atoms with Crippen molar-refractivity contribution in [1.82, 2.24) is 20.2 Å². The third-order valence-corrected chi connectivity index (χ3v) is 5.07. The van der Waals surface area contributed by atoms with Crippen LogP contribution in [0.15, 0.2) is 30.5 Å². The van der Waals surface area contributed by atoms with Gasteiger partial charge in [0.2, 0.25) is 5.95 Å². The maximum atomic E-state index is 12.4. The molecule has 0 aromatic carbocycles. The van der Waals surface area contributed by atoms with Gasteiger partial charge in [-0.15, -0.1) is 16.4 Å². The van der Waals surface area contributed by atoms with Gasteiger partial charge >= 0.3 is 0 Å². The molecule has 116 valence electrons. The molecule has 3 aromatic rings. The lowest BCUT2D eigenvalue weighted by Gasteiger charge is -2.08. The summed E-state index contributed by atoms with van der Waals surface area (Å²) in [6, 6.07) is 7.54. The van der Waals surface area contributed by atoms with Crippen LogP contribution in [0.2, 0.25) is 0 Å². The molecular formula is C16H15N5OS. The van der Waals surface area contributed by atoms with Crippen LogP contribution in [-0.4, -0.2) is 26.1 Å². The first-order valence-electron chi connectivity index (χ1n) is 7.56. The Balaban J connectivity index is 1.51. The molecule has 7 heteroatoms. The van der Waals surface area contributed by atoms with Gasteiger partial charge in [0.15, 0.2) is 5.82 Å². The number of nitrogens with one attached hydrogen (secondary N) is 2. The van der Waals surface area contributed by atoms with Crippen molar-refractivity contribution in [3.63, 3.8) is 0 Å². The third-order valence-electron chi connectivity index (χ3n) is 3.84. The van der Waals surface area contributed by atoms with Crippen molar-refractivity contribution in [3.05, 3.63) is 45.8 Å². The van der Waals surface area contributed by atoms with Gasteiger partial charge in [-0.2, -0.15) is 4.98 Å². The summed E-state index contributed by atoms with van der Waals surface area (Å²) in [6.07, 6.45) is 6.26. The van der Waals surface area contributed by atoms with Crippen molar-refractivity contribution in [2.24, 2.45) is 0 Å². The molecule has 6 nitrogen and oxygen atoms in total. The maximum Gasteiger partial charge on any atom is 0.268 e. The van der Waals surface area contributed by atoms with Gasteiger partial charge < -0.3 is 0 Å². The lowest BCUT2D eigenvalue weighted by Crippen LogP contribution is -2.11. The van der Waals surface area contributed by atoms with Crippen molar-refractivity contribution in [2.45, 2.75) is 25.7 Å². The van der Waals surface area contributed by atoms with Crippen LogP contribution < -0.4 is 5.32 Å². The predicted octanol–water partition coefficient (Wildman–Crippen LogP) is 3.06.